The Labute approximate surface area is 215 Å². The van der Waals surface area contributed by atoms with Crippen molar-refractivity contribution < 1.29 is 4.79 Å². The van der Waals surface area contributed by atoms with Gasteiger partial charge in [-0.25, -0.2) is 0 Å². The SMILES string of the molecule is Cc1cc2c3c4c5c(ccc14)Cc1cc4ccccc4cc1C5C(=O)C3c1cc3ccccc3cc1C2. The number of aryl methyl sites for hydroxylation is 1. The Bertz CT molecular complexity index is 1990. The Kier molecular flexibility index (Phi) is 3.63. The fraction of sp³-hybridized carbons (Fsp3) is 0.139. The molecule has 174 valence electrons. The van der Waals surface area contributed by atoms with E-state index in [9.17, 15) is 4.79 Å². The lowest BCUT2D eigenvalue weighted by atomic mass is 9.61. The van der Waals surface area contributed by atoms with Gasteiger partial charge in [-0.05, 0) is 114 Å². The second-order valence-electron chi connectivity index (χ2n) is 11.2. The lowest BCUT2D eigenvalue weighted by molar-refractivity contribution is -0.120. The minimum Gasteiger partial charge on any atom is -0.298 e. The van der Waals surface area contributed by atoms with E-state index in [1.807, 2.05) is 0 Å². The van der Waals surface area contributed by atoms with Crippen LogP contribution in [0.15, 0.2) is 91.0 Å². The zero-order chi connectivity index (χ0) is 24.4. The van der Waals surface area contributed by atoms with Gasteiger partial charge >= 0.3 is 0 Å². The van der Waals surface area contributed by atoms with Crippen molar-refractivity contribution in [3.8, 4) is 0 Å². The van der Waals surface area contributed by atoms with E-state index in [4.69, 9.17) is 0 Å². The molecule has 0 saturated heterocycles. The smallest absolute Gasteiger partial charge is 0.156 e. The number of benzene rings is 6. The fourth-order valence-electron chi connectivity index (χ4n) is 7.75. The van der Waals surface area contributed by atoms with Gasteiger partial charge in [-0.3, -0.25) is 4.79 Å². The number of carbonyl (C=O) groups is 1. The van der Waals surface area contributed by atoms with Gasteiger partial charge in [-0.15, -0.1) is 0 Å². The Morgan fingerprint density at radius 2 is 1.08 bits per heavy atom. The molecule has 1 nitrogen and oxygen atoms in total. The maximum atomic E-state index is 14.8. The molecule has 2 unspecified atom stereocenters. The van der Waals surface area contributed by atoms with Crippen LogP contribution in [-0.4, -0.2) is 5.78 Å². The predicted molar refractivity (Wildman–Crippen MR) is 151 cm³/mol. The third-order valence-electron chi connectivity index (χ3n) is 9.31. The van der Waals surface area contributed by atoms with E-state index < -0.39 is 0 Å². The molecule has 0 heterocycles. The van der Waals surface area contributed by atoms with Crippen molar-refractivity contribution in [2.24, 2.45) is 0 Å². The van der Waals surface area contributed by atoms with E-state index in [0.717, 1.165) is 12.8 Å². The normalized spacial score (nSPS) is 18.8. The van der Waals surface area contributed by atoms with Gasteiger partial charge in [-0.1, -0.05) is 78.9 Å². The number of hydrogen-bond acceptors (Lipinski definition) is 1. The second-order valence-corrected chi connectivity index (χ2v) is 11.2. The van der Waals surface area contributed by atoms with Gasteiger partial charge in [0.25, 0.3) is 0 Å². The van der Waals surface area contributed by atoms with Gasteiger partial charge in [0.15, 0.2) is 5.78 Å². The van der Waals surface area contributed by atoms with Crippen LogP contribution in [0.25, 0.3) is 32.3 Å². The highest BCUT2D eigenvalue weighted by atomic mass is 16.1. The van der Waals surface area contributed by atoms with Crippen LogP contribution in [0, 0.1) is 6.92 Å². The van der Waals surface area contributed by atoms with E-state index in [1.54, 1.807) is 0 Å². The van der Waals surface area contributed by atoms with Crippen molar-refractivity contribution in [3.05, 3.63) is 141 Å². The zero-order valence-corrected chi connectivity index (χ0v) is 20.6. The molecule has 0 radical (unpaired) electrons. The predicted octanol–water partition coefficient (Wildman–Crippen LogP) is 8.11. The van der Waals surface area contributed by atoms with Crippen LogP contribution in [0.1, 0.15) is 61.9 Å². The van der Waals surface area contributed by atoms with Gasteiger partial charge in [0.2, 0.25) is 0 Å². The number of Topliss-reactive ketones (excluding diaryl/α,β-unsaturated/α-hetero) is 1. The van der Waals surface area contributed by atoms with Crippen molar-refractivity contribution in [1.82, 2.24) is 0 Å². The van der Waals surface area contributed by atoms with Crippen LogP contribution in [0.3, 0.4) is 0 Å². The van der Waals surface area contributed by atoms with Crippen LogP contribution in [0.2, 0.25) is 0 Å². The molecule has 3 aliphatic rings. The van der Waals surface area contributed by atoms with Gasteiger partial charge in [0.1, 0.15) is 0 Å². The third kappa shape index (κ3) is 2.47. The quantitative estimate of drug-likeness (QED) is 0.218. The molecule has 0 saturated carbocycles. The Balaban J connectivity index is 1.41. The Morgan fingerprint density at radius 1 is 0.568 bits per heavy atom. The minimum absolute atomic E-state index is 0.211. The van der Waals surface area contributed by atoms with Crippen molar-refractivity contribution in [2.45, 2.75) is 31.6 Å². The number of fused-ring (bicyclic) bond motifs is 6. The first kappa shape index (κ1) is 19.9. The van der Waals surface area contributed by atoms with E-state index in [1.165, 1.54) is 82.4 Å². The molecule has 37 heavy (non-hydrogen) atoms. The number of hydrogen-bond donors (Lipinski definition) is 0. The van der Waals surface area contributed by atoms with Crippen LogP contribution in [0.5, 0.6) is 0 Å². The van der Waals surface area contributed by atoms with Crippen LogP contribution >= 0.6 is 0 Å². The second kappa shape index (κ2) is 6.75. The van der Waals surface area contributed by atoms with Crippen LogP contribution in [-0.2, 0) is 17.6 Å². The molecule has 3 aliphatic carbocycles. The number of rotatable bonds is 0. The summed E-state index contributed by atoms with van der Waals surface area (Å²) in [5.74, 6) is -0.0768. The monoisotopic (exact) mass is 472 g/mol. The van der Waals surface area contributed by atoms with E-state index in [-0.39, 0.29) is 11.8 Å². The standard InChI is InChI=1S/C36H24O/c1-19-12-27-16-26-14-21-7-3-5-9-23(21)18-30(26)35-32(27)33-28(19)11-10-24-15-25-13-20-6-2-4-8-22(20)17-29(25)34(31(24)33)36(35)37/h2-14,17-18,34-35H,15-16H2,1H3. The highest BCUT2D eigenvalue weighted by Gasteiger charge is 2.45. The van der Waals surface area contributed by atoms with Crippen molar-refractivity contribution >= 4 is 38.1 Å². The summed E-state index contributed by atoms with van der Waals surface area (Å²) in [4.78, 5) is 14.8. The highest BCUT2D eigenvalue weighted by molar-refractivity contribution is 6.12. The average molecular weight is 473 g/mol. The van der Waals surface area contributed by atoms with Crippen LogP contribution < -0.4 is 0 Å². The first-order valence-corrected chi connectivity index (χ1v) is 13.3. The molecule has 9 rings (SSSR count). The first-order chi connectivity index (χ1) is 18.2. The molecular weight excluding hydrogens is 448 g/mol. The van der Waals surface area contributed by atoms with Crippen LogP contribution in [0.4, 0.5) is 0 Å². The average Bonchev–Trinajstić information content (AvgIpc) is 2.92. The third-order valence-corrected chi connectivity index (χ3v) is 9.31. The molecule has 2 atom stereocenters. The molecule has 0 amide bonds. The summed E-state index contributed by atoms with van der Waals surface area (Å²) in [5.41, 5.74) is 11.6. The highest BCUT2D eigenvalue weighted by Crippen LogP contribution is 2.55. The molecule has 0 N–H and O–H groups in total. The topological polar surface area (TPSA) is 17.1 Å². The van der Waals surface area contributed by atoms with Gasteiger partial charge in [0, 0.05) is 0 Å². The molecule has 6 aromatic rings. The molecule has 0 aliphatic heterocycles. The summed E-state index contributed by atoms with van der Waals surface area (Å²) in [6.07, 6.45) is 1.79. The molecule has 6 aromatic carbocycles. The van der Waals surface area contributed by atoms with Gasteiger partial charge in [0.05, 0.1) is 11.8 Å². The molecule has 0 spiro atoms. The van der Waals surface area contributed by atoms with Crippen molar-refractivity contribution in [1.29, 1.82) is 0 Å². The fourth-order valence-corrected chi connectivity index (χ4v) is 7.75. The summed E-state index contributed by atoms with van der Waals surface area (Å²) < 4.78 is 0. The van der Waals surface area contributed by atoms with E-state index >= 15 is 0 Å². The zero-order valence-electron chi connectivity index (χ0n) is 20.6. The summed E-state index contributed by atoms with van der Waals surface area (Å²) in [5, 5.41) is 7.61. The molecule has 1 heteroatoms. The van der Waals surface area contributed by atoms with E-state index in [2.05, 4.69) is 97.9 Å². The summed E-state index contributed by atoms with van der Waals surface area (Å²) in [7, 11) is 0. The number of carbonyl (C=O) groups excluding carboxylic acids is 1. The molecular formula is C36H24O. The first-order valence-electron chi connectivity index (χ1n) is 13.3. The molecule has 0 aromatic heterocycles. The van der Waals surface area contributed by atoms with Gasteiger partial charge in [-0.2, -0.15) is 0 Å². The summed E-state index contributed by atoms with van der Waals surface area (Å²) in [6, 6.07) is 33.4. The number of ketones is 1. The maximum Gasteiger partial charge on any atom is 0.156 e. The minimum atomic E-state index is -0.211. The van der Waals surface area contributed by atoms with Gasteiger partial charge < -0.3 is 0 Å². The van der Waals surface area contributed by atoms with Crippen molar-refractivity contribution in [3.63, 3.8) is 0 Å². The molecule has 0 fully saturated rings. The van der Waals surface area contributed by atoms with E-state index in [0.29, 0.717) is 5.78 Å². The molecule has 0 bridgehead atoms. The lowest BCUT2D eigenvalue weighted by Gasteiger charge is -2.40. The Morgan fingerprint density at radius 3 is 1.68 bits per heavy atom. The summed E-state index contributed by atoms with van der Waals surface area (Å²) >= 11 is 0. The summed E-state index contributed by atoms with van der Waals surface area (Å²) in [6.45, 7) is 2.24. The lowest BCUT2D eigenvalue weighted by Crippen LogP contribution is -2.34. The largest absolute Gasteiger partial charge is 0.298 e. The maximum absolute atomic E-state index is 14.8. The van der Waals surface area contributed by atoms with Crippen molar-refractivity contribution in [2.75, 3.05) is 0 Å². The Hall–Kier alpha value is -4.23.